The number of rotatable bonds is 7. The molecule has 1 aromatic carbocycles. The van der Waals surface area contributed by atoms with Crippen LogP contribution in [0.25, 0.3) is 0 Å². The molecular weight excluding hydrogens is 306 g/mol. The Kier molecular flexibility index (Phi) is 6.79. The first kappa shape index (κ1) is 19.4. The number of halogens is 2. The van der Waals surface area contributed by atoms with Crippen LogP contribution in [0, 0.1) is 11.8 Å². The van der Waals surface area contributed by atoms with Gasteiger partial charge in [0.25, 0.3) is 0 Å². The summed E-state index contributed by atoms with van der Waals surface area (Å²) in [5.41, 5.74) is 0.461. The lowest BCUT2D eigenvalue weighted by Gasteiger charge is -2.44. The predicted octanol–water partition coefficient (Wildman–Crippen LogP) is 6.26. The number of hydrogen-bond acceptors (Lipinski definition) is 1. The third-order valence-electron chi connectivity index (χ3n) is 6.09. The van der Waals surface area contributed by atoms with Crippen molar-refractivity contribution in [3.05, 3.63) is 35.4 Å². The molecule has 0 heterocycles. The Morgan fingerprint density at radius 1 is 1.04 bits per heavy atom. The van der Waals surface area contributed by atoms with Gasteiger partial charge in [0.15, 0.2) is 0 Å². The summed E-state index contributed by atoms with van der Waals surface area (Å²) in [6.07, 6.45) is 3.70. The van der Waals surface area contributed by atoms with Crippen molar-refractivity contribution in [1.82, 2.24) is 0 Å². The van der Waals surface area contributed by atoms with Crippen LogP contribution in [0.15, 0.2) is 24.3 Å². The highest BCUT2D eigenvalue weighted by Gasteiger charge is 2.48. The molecule has 3 atom stereocenters. The third kappa shape index (κ3) is 3.82. The van der Waals surface area contributed by atoms with E-state index in [1.807, 2.05) is 24.3 Å². The van der Waals surface area contributed by atoms with Crippen molar-refractivity contribution in [2.45, 2.75) is 83.7 Å². The summed E-state index contributed by atoms with van der Waals surface area (Å²) in [6, 6.07) is 7.80. The fourth-order valence-corrected chi connectivity index (χ4v) is 4.29. The van der Waals surface area contributed by atoms with E-state index in [0.717, 1.165) is 38.5 Å². The molecule has 1 aliphatic rings. The van der Waals surface area contributed by atoms with Crippen LogP contribution in [0.3, 0.4) is 0 Å². The summed E-state index contributed by atoms with van der Waals surface area (Å²) in [7, 11) is 0. The van der Waals surface area contributed by atoms with Gasteiger partial charge in [-0.1, -0.05) is 64.3 Å². The minimum Gasteiger partial charge on any atom is -0.384 e. The second-order valence-electron chi connectivity index (χ2n) is 7.44. The Morgan fingerprint density at radius 2 is 1.62 bits per heavy atom. The fraction of sp³-hybridized carbons (Fsp3) is 0.714. The maximum Gasteiger partial charge on any atom is 0.244 e. The SMILES string of the molecule is CCC(C)c1ccc(C(O)(C2CCCCC2)C(CC)C(F)F)cc1. The molecule has 136 valence electrons. The van der Waals surface area contributed by atoms with E-state index in [1.54, 1.807) is 6.92 Å². The molecule has 0 radical (unpaired) electrons. The molecule has 0 spiro atoms. The molecule has 1 N–H and O–H groups in total. The van der Waals surface area contributed by atoms with Gasteiger partial charge in [-0.3, -0.25) is 0 Å². The van der Waals surface area contributed by atoms with Crippen molar-refractivity contribution in [3.8, 4) is 0 Å². The average molecular weight is 338 g/mol. The molecule has 3 heteroatoms. The summed E-state index contributed by atoms with van der Waals surface area (Å²) in [4.78, 5) is 0. The van der Waals surface area contributed by atoms with Crippen LogP contribution in [0.2, 0.25) is 0 Å². The number of alkyl halides is 2. The summed E-state index contributed by atoms with van der Waals surface area (Å²) in [5.74, 6) is -0.631. The highest BCUT2D eigenvalue weighted by Crippen LogP contribution is 2.47. The first-order chi connectivity index (χ1) is 11.4. The fourth-order valence-electron chi connectivity index (χ4n) is 4.29. The van der Waals surface area contributed by atoms with Crippen LogP contribution in [0.4, 0.5) is 8.78 Å². The summed E-state index contributed by atoms with van der Waals surface area (Å²) in [6.45, 7) is 6.06. The van der Waals surface area contributed by atoms with Gasteiger partial charge in [-0.15, -0.1) is 0 Å². The topological polar surface area (TPSA) is 20.2 Å². The molecule has 0 saturated heterocycles. The second-order valence-corrected chi connectivity index (χ2v) is 7.44. The smallest absolute Gasteiger partial charge is 0.244 e. The highest BCUT2D eigenvalue weighted by molar-refractivity contribution is 5.30. The van der Waals surface area contributed by atoms with E-state index in [0.29, 0.717) is 11.5 Å². The molecule has 0 aliphatic heterocycles. The normalized spacial score (nSPS) is 21.5. The molecule has 1 aliphatic carbocycles. The maximum absolute atomic E-state index is 13.7. The minimum absolute atomic E-state index is 0.0698. The van der Waals surface area contributed by atoms with Crippen LogP contribution in [-0.2, 0) is 5.60 Å². The van der Waals surface area contributed by atoms with Crippen molar-refractivity contribution >= 4 is 0 Å². The van der Waals surface area contributed by atoms with Gasteiger partial charge in [0.05, 0.1) is 5.92 Å². The van der Waals surface area contributed by atoms with E-state index >= 15 is 0 Å². The molecule has 1 saturated carbocycles. The second kappa shape index (κ2) is 8.42. The lowest BCUT2D eigenvalue weighted by atomic mass is 9.66. The average Bonchev–Trinajstić information content (AvgIpc) is 2.62. The molecule has 1 nitrogen and oxygen atoms in total. The number of benzene rings is 1. The van der Waals surface area contributed by atoms with Crippen LogP contribution in [0.5, 0.6) is 0 Å². The van der Waals surface area contributed by atoms with Crippen LogP contribution < -0.4 is 0 Å². The van der Waals surface area contributed by atoms with E-state index < -0.39 is 17.9 Å². The van der Waals surface area contributed by atoms with E-state index in [1.165, 1.54) is 5.56 Å². The third-order valence-corrected chi connectivity index (χ3v) is 6.09. The van der Waals surface area contributed by atoms with E-state index in [4.69, 9.17) is 0 Å². The van der Waals surface area contributed by atoms with E-state index in [2.05, 4.69) is 13.8 Å². The van der Waals surface area contributed by atoms with Gasteiger partial charge in [-0.2, -0.15) is 0 Å². The zero-order chi connectivity index (χ0) is 17.7. The zero-order valence-corrected chi connectivity index (χ0v) is 15.3. The maximum atomic E-state index is 13.7. The molecule has 24 heavy (non-hydrogen) atoms. The largest absolute Gasteiger partial charge is 0.384 e. The number of aliphatic hydroxyl groups is 1. The lowest BCUT2D eigenvalue weighted by molar-refractivity contribution is -0.136. The molecule has 2 rings (SSSR count). The monoisotopic (exact) mass is 338 g/mol. The van der Waals surface area contributed by atoms with Gasteiger partial charge < -0.3 is 5.11 Å². The van der Waals surface area contributed by atoms with Crippen LogP contribution >= 0.6 is 0 Å². The van der Waals surface area contributed by atoms with Gasteiger partial charge in [0, 0.05) is 0 Å². The molecule has 0 bridgehead atoms. The highest BCUT2D eigenvalue weighted by atomic mass is 19.3. The molecule has 0 aromatic heterocycles. The summed E-state index contributed by atoms with van der Waals surface area (Å²) in [5, 5.41) is 11.5. The van der Waals surface area contributed by atoms with Crippen molar-refractivity contribution < 1.29 is 13.9 Å². The zero-order valence-electron chi connectivity index (χ0n) is 15.3. The van der Waals surface area contributed by atoms with E-state index in [9.17, 15) is 13.9 Å². The quantitative estimate of drug-likeness (QED) is 0.622. The van der Waals surface area contributed by atoms with Gasteiger partial charge in [0.1, 0.15) is 5.60 Å². The van der Waals surface area contributed by atoms with Crippen molar-refractivity contribution in [2.75, 3.05) is 0 Å². The van der Waals surface area contributed by atoms with Gasteiger partial charge in [0.2, 0.25) is 6.43 Å². The van der Waals surface area contributed by atoms with Crippen molar-refractivity contribution in [1.29, 1.82) is 0 Å². The first-order valence-corrected chi connectivity index (χ1v) is 9.56. The Bertz CT molecular complexity index is 493. The Balaban J connectivity index is 2.41. The molecule has 1 aromatic rings. The van der Waals surface area contributed by atoms with Crippen molar-refractivity contribution in [2.24, 2.45) is 11.8 Å². The molecule has 1 fully saturated rings. The predicted molar refractivity (Wildman–Crippen MR) is 95.4 cm³/mol. The lowest BCUT2D eigenvalue weighted by Crippen LogP contribution is -2.46. The minimum atomic E-state index is -2.50. The Hall–Kier alpha value is -0.960. The van der Waals surface area contributed by atoms with Gasteiger partial charge in [-0.25, -0.2) is 8.78 Å². The first-order valence-electron chi connectivity index (χ1n) is 9.56. The molecule has 3 unspecified atom stereocenters. The van der Waals surface area contributed by atoms with Gasteiger partial charge in [-0.05, 0) is 48.6 Å². The summed E-state index contributed by atoms with van der Waals surface area (Å²) >= 11 is 0. The van der Waals surface area contributed by atoms with Gasteiger partial charge >= 0.3 is 0 Å². The van der Waals surface area contributed by atoms with Crippen LogP contribution in [0.1, 0.15) is 82.8 Å². The molecular formula is C21H32F2O. The molecule has 0 amide bonds. The standard InChI is InChI=1S/C21H32F2O/c1-4-15(3)16-11-13-18(14-12-16)21(24,19(5-2)20(22)23)17-9-7-6-8-10-17/h11-15,17,19-20,24H,4-10H2,1-3H3. The number of hydrogen-bond donors (Lipinski definition) is 1. The van der Waals surface area contributed by atoms with E-state index in [-0.39, 0.29) is 12.3 Å². The summed E-state index contributed by atoms with van der Waals surface area (Å²) < 4.78 is 27.5. The Morgan fingerprint density at radius 3 is 2.08 bits per heavy atom. The van der Waals surface area contributed by atoms with Crippen molar-refractivity contribution in [3.63, 3.8) is 0 Å². The van der Waals surface area contributed by atoms with Crippen LogP contribution in [-0.4, -0.2) is 11.5 Å². The Labute approximate surface area is 145 Å².